The Hall–Kier alpha value is -2.69. The predicted molar refractivity (Wildman–Crippen MR) is 89.4 cm³/mol. The second-order valence-electron chi connectivity index (χ2n) is 5.54. The van der Waals surface area contributed by atoms with Gasteiger partial charge in [0.25, 0.3) is 0 Å². The molecule has 0 aliphatic carbocycles. The maximum Gasteiger partial charge on any atom is 0.309 e. The van der Waals surface area contributed by atoms with E-state index in [-0.39, 0.29) is 11.9 Å². The molecule has 23 heavy (non-hydrogen) atoms. The second-order valence-corrected chi connectivity index (χ2v) is 5.54. The SMILES string of the molecule is CCOC(=O)C1CC(N)=Nc2cc(-c3ccncc3)ccc2C1. The molecule has 118 valence electrons. The molecule has 5 heteroatoms. The third-order valence-corrected chi connectivity index (χ3v) is 3.90. The van der Waals surface area contributed by atoms with Crippen LogP contribution in [0.5, 0.6) is 0 Å². The fourth-order valence-corrected chi connectivity index (χ4v) is 2.78. The van der Waals surface area contributed by atoms with Crippen LogP contribution in [0.2, 0.25) is 0 Å². The van der Waals surface area contributed by atoms with Crippen molar-refractivity contribution in [2.75, 3.05) is 6.61 Å². The molecule has 0 bridgehead atoms. The lowest BCUT2D eigenvalue weighted by atomic mass is 9.94. The van der Waals surface area contributed by atoms with Crippen molar-refractivity contribution in [2.45, 2.75) is 19.8 Å². The first-order valence-corrected chi connectivity index (χ1v) is 7.70. The van der Waals surface area contributed by atoms with Gasteiger partial charge in [0.1, 0.15) is 5.84 Å². The zero-order valence-electron chi connectivity index (χ0n) is 13.0. The number of ether oxygens (including phenoxy) is 1. The molecule has 1 aromatic carbocycles. The average molecular weight is 309 g/mol. The van der Waals surface area contributed by atoms with Crippen molar-refractivity contribution < 1.29 is 9.53 Å². The molecule has 2 N–H and O–H groups in total. The maximum absolute atomic E-state index is 12.1. The van der Waals surface area contributed by atoms with Gasteiger partial charge in [-0.05, 0) is 48.2 Å². The highest BCUT2D eigenvalue weighted by Crippen LogP contribution is 2.32. The molecule has 0 spiro atoms. The molecule has 1 aliphatic rings. The van der Waals surface area contributed by atoms with Gasteiger partial charge in [0, 0.05) is 18.8 Å². The molecule has 1 aliphatic heterocycles. The minimum Gasteiger partial charge on any atom is -0.466 e. The van der Waals surface area contributed by atoms with E-state index in [2.05, 4.69) is 9.98 Å². The van der Waals surface area contributed by atoms with Gasteiger partial charge in [-0.1, -0.05) is 12.1 Å². The van der Waals surface area contributed by atoms with Crippen LogP contribution >= 0.6 is 0 Å². The molecule has 2 aromatic rings. The van der Waals surface area contributed by atoms with Crippen LogP contribution in [0, 0.1) is 5.92 Å². The summed E-state index contributed by atoms with van der Waals surface area (Å²) >= 11 is 0. The normalized spacial score (nSPS) is 16.9. The minimum absolute atomic E-state index is 0.211. The van der Waals surface area contributed by atoms with Crippen LogP contribution in [0.3, 0.4) is 0 Å². The number of pyridine rings is 1. The molecule has 1 aromatic heterocycles. The lowest BCUT2D eigenvalue weighted by Gasteiger charge is -2.13. The van der Waals surface area contributed by atoms with Crippen LogP contribution in [0.1, 0.15) is 18.9 Å². The number of carbonyl (C=O) groups excluding carboxylic acids is 1. The summed E-state index contributed by atoms with van der Waals surface area (Å²) in [5.74, 6) is -0.0166. The number of benzene rings is 1. The molecular formula is C18H19N3O2. The summed E-state index contributed by atoms with van der Waals surface area (Å²) in [4.78, 5) is 20.6. The number of aliphatic imine (C=N–C) groups is 1. The van der Waals surface area contributed by atoms with Crippen molar-refractivity contribution in [1.29, 1.82) is 0 Å². The van der Waals surface area contributed by atoms with Gasteiger partial charge in [-0.15, -0.1) is 0 Å². The highest BCUT2D eigenvalue weighted by Gasteiger charge is 2.25. The van der Waals surface area contributed by atoms with Gasteiger partial charge in [-0.2, -0.15) is 0 Å². The Morgan fingerprint density at radius 1 is 1.22 bits per heavy atom. The van der Waals surface area contributed by atoms with Crippen LogP contribution in [0.25, 0.3) is 11.1 Å². The lowest BCUT2D eigenvalue weighted by Crippen LogP contribution is -2.25. The fraction of sp³-hybridized carbons (Fsp3) is 0.278. The number of fused-ring (bicyclic) bond motifs is 1. The number of aromatic nitrogens is 1. The predicted octanol–water partition coefficient (Wildman–Crippen LogP) is 2.86. The van der Waals surface area contributed by atoms with E-state index in [4.69, 9.17) is 10.5 Å². The van der Waals surface area contributed by atoms with E-state index in [0.717, 1.165) is 22.4 Å². The van der Waals surface area contributed by atoms with Gasteiger partial charge >= 0.3 is 5.97 Å². The van der Waals surface area contributed by atoms with E-state index in [1.807, 2.05) is 30.3 Å². The Morgan fingerprint density at radius 2 is 2.00 bits per heavy atom. The molecule has 0 amide bonds. The second kappa shape index (κ2) is 6.60. The molecule has 0 fully saturated rings. The van der Waals surface area contributed by atoms with E-state index >= 15 is 0 Å². The molecular weight excluding hydrogens is 290 g/mol. The van der Waals surface area contributed by atoms with Crippen molar-refractivity contribution in [2.24, 2.45) is 16.6 Å². The van der Waals surface area contributed by atoms with E-state index in [0.29, 0.717) is 25.3 Å². The first kappa shape index (κ1) is 15.2. The zero-order chi connectivity index (χ0) is 16.2. The van der Waals surface area contributed by atoms with Crippen LogP contribution in [-0.4, -0.2) is 23.4 Å². The number of hydrogen-bond acceptors (Lipinski definition) is 5. The molecule has 3 rings (SSSR count). The molecule has 0 saturated carbocycles. The highest BCUT2D eigenvalue weighted by atomic mass is 16.5. The first-order chi connectivity index (χ1) is 11.2. The molecule has 1 unspecified atom stereocenters. The summed E-state index contributed by atoms with van der Waals surface area (Å²) in [6.45, 7) is 2.18. The Morgan fingerprint density at radius 3 is 2.74 bits per heavy atom. The molecule has 0 saturated heterocycles. The van der Waals surface area contributed by atoms with Crippen molar-refractivity contribution in [3.05, 3.63) is 48.3 Å². The van der Waals surface area contributed by atoms with Gasteiger partial charge in [0.15, 0.2) is 0 Å². The van der Waals surface area contributed by atoms with E-state index in [1.54, 1.807) is 19.3 Å². The average Bonchev–Trinajstić information content (AvgIpc) is 2.73. The number of carbonyl (C=O) groups is 1. The van der Waals surface area contributed by atoms with Crippen molar-refractivity contribution in [3.63, 3.8) is 0 Å². The summed E-state index contributed by atoms with van der Waals surface area (Å²) < 4.78 is 5.14. The Kier molecular flexibility index (Phi) is 4.37. The fourth-order valence-electron chi connectivity index (χ4n) is 2.78. The minimum atomic E-state index is -0.272. The summed E-state index contributed by atoms with van der Waals surface area (Å²) in [7, 11) is 0. The summed E-state index contributed by atoms with van der Waals surface area (Å²) in [6.07, 6.45) is 4.54. The van der Waals surface area contributed by atoms with Crippen LogP contribution in [0.15, 0.2) is 47.7 Å². The van der Waals surface area contributed by atoms with Gasteiger partial charge in [0.2, 0.25) is 0 Å². The van der Waals surface area contributed by atoms with Crippen molar-refractivity contribution in [3.8, 4) is 11.1 Å². The number of amidine groups is 1. The van der Waals surface area contributed by atoms with E-state index < -0.39 is 0 Å². The molecule has 0 radical (unpaired) electrons. The van der Waals surface area contributed by atoms with Crippen LogP contribution < -0.4 is 5.73 Å². The monoisotopic (exact) mass is 309 g/mol. The highest BCUT2D eigenvalue weighted by molar-refractivity contribution is 5.89. The largest absolute Gasteiger partial charge is 0.466 e. The van der Waals surface area contributed by atoms with Crippen molar-refractivity contribution >= 4 is 17.5 Å². The number of hydrogen-bond donors (Lipinski definition) is 1. The Balaban J connectivity index is 1.94. The Labute approximate surface area is 135 Å². The lowest BCUT2D eigenvalue weighted by molar-refractivity contribution is -0.147. The molecule has 5 nitrogen and oxygen atoms in total. The van der Waals surface area contributed by atoms with Gasteiger partial charge < -0.3 is 10.5 Å². The number of nitrogens with zero attached hydrogens (tertiary/aromatic N) is 2. The van der Waals surface area contributed by atoms with E-state index in [9.17, 15) is 4.79 Å². The smallest absolute Gasteiger partial charge is 0.309 e. The van der Waals surface area contributed by atoms with E-state index in [1.165, 1.54) is 0 Å². The topological polar surface area (TPSA) is 77.6 Å². The zero-order valence-corrected chi connectivity index (χ0v) is 13.0. The summed E-state index contributed by atoms with van der Waals surface area (Å²) in [5.41, 5.74) is 9.96. The van der Waals surface area contributed by atoms with Crippen LogP contribution in [0.4, 0.5) is 5.69 Å². The number of esters is 1. The third kappa shape index (κ3) is 3.39. The van der Waals surface area contributed by atoms with Gasteiger partial charge in [-0.25, -0.2) is 4.99 Å². The number of rotatable bonds is 3. The quantitative estimate of drug-likeness (QED) is 0.884. The van der Waals surface area contributed by atoms with Crippen LogP contribution in [-0.2, 0) is 16.0 Å². The Bertz CT molecular complexity index is 741. The summed E-state index contributed by atoms with van der Waals surface area (Å²) in [5, 5.41) is 0. The summed E-state index contributed by atoms with van der Waals surface area (Å²) in [6, 6.07) is 9.96. The van der Waals surface area contributed by atoms with Crippen molar-refractivity contribution in [1.82, 2.24) is 4.98 Å². The maximum atomic E-state index is 12.1. The third-order valence-electron chi connectivity index (χ3n) is 3.90. The standard InChI is InChI=1S/C18H19N3O2/c1-2-23-18(22)15-9-14-4-3-13(12-5-7-20-8-6-12)10-16(14)21-17(19)11-15/h3-8,10,15H,2,9,11H2,1H3,(H2,19,21). The molecule has 1 atom stereocenters. The van der Waals surface area contributed by atoms with Gasteiger partial charge in [-0.3, -0.25) is 9.78 Å². The van der Waals surface area contributed by atoms with Gasteiger partial charge in [0.05, 0.1) is 18.2 Å². The number of nitrogens with two attached hydrogens (primary N) is 1. The first-order valence-electron chi connectivity index (χ1n) is 7.70. The molecule has 2 heterocycles.